The molecule has 4 aromatic rings. The number of nitrogens with two attached hydrogens (primary N) is 2. The van der Waals surface area contributed by atoms with Crippen LogP contribution in [0, 0.1) is 17.8 Å². The molecule has 0 aliphatic carbocycles. The summed E-state index contributed by atoms with van der Waals surface area (Å²) in [7, 11) is 1.46. The number of primary amides is 1. The minimum Gasteiger partial charge on any atom is -0.507 e. The Bertz CT molecular complexity index is 2330. The van der Waals surface area contributed by atoms with Crippen LogP contribution in [0.2, 0.25) is 5.02 Å². The largest absolute Gasteiger partial charge is 0.507 e. The van der Waals surface area contributed by atoms with Crippen molar-refractivity contribution < 1.29 is 43.8 Å². The van der Waals surface area contributed by atoms with Gasteiger partial charge in [0.15, 0.2) is 17.3 Å². The number of phenols is 2. The molecule has 14 heteroatoms. The number of unbranched alkanes of at least 4 members (excludes halogenated alkanes) is 1. The van der Waals surface area contributed by atoms with Crippen LogP contribution in [-0.2, 0) is 35.2 Å². The lowest BCUT2D eigenvalue weighted by atomic mass is 9.87. The number of likely N-dealkylation sites (N-methyl/N-ethyl adjacent to an activating group) is 1. The number of carbonyl (C=O) groups excluding carboxylic acids is 7. The van der Waals surface area contributed by atoms with Crippen LogP contribution in [0.3, 0.4) is 0 Å². The Kier molecular flexibility index (Phi) is 15.9. The molecule has 7 N–H and O–H groups in total. The second kappa shape index (κ2) is 21.1. The number of nitrogens with zero attached hydrogens (tertiary/aromatic N) is 1. The van der Waals surface area contributed by atoms with Crippen molar-refractivity contribution >= 4 is 52.5 Å². The van der Waals surface area contributed by atoms with E-state index in [0.717, 1.165) is 11.1 Å². The third-order valence-electron chi connectivity index (χ3n) is 11.4. The molecular formula is C48H53ClN4O9. The first-order chi connectivity index (χ1) is 29.5. The summed E-state index contributed by atoms with van der Waals surface area (Å²) < 4.78 is 0. The Labute approximate surface area is 365 Å². The summed E-state index contributed by atoms with van der Waals surface area (Å²) in [6, 6.07) is 20.7. The molecule has 0 radical (unpaired) electrons. The van der Waals surface area contributed by atoms with E-state index >= 15 is 0 Å². The van der Waals surface area contributed by atoms with E-state index in [0.29, 0.717) is 47.5 Å². The summed E-state index contributed by atoms with van der Waals surface area (Å²) >= 11 is 6.05. The van der Waals surface area contributed by atoms with Gasteiger partial charge in [-0.3, -0.25) is 33.6 Å². The number of amides is 3. The SMILES string of the molecule is C[C@H](CC(=O)[C@@H]1Cc2ccc(O)c(c2)-c2cc(ccc2O)[C@H](N(C)C(=O)[C@H](CCCCN)CC(=O)c2ccc(-c3ccc(Cl)cc3)cc2)C(=O)C[C@@H](C)C(=O)N1)C(=O)CC(N)=O. The maximum atomic E-state index is 14.6. The van der Waals surface area contributed by atoms with Gasteiger partial charge in [0.2, 0.25) is 17.7 Å². The monoisotopic (exact) mass is 864 g/mol. The van der Waals surface area contributed by atoms with Crippen molar-refractivity contribution in [2.24, 2.45) is 29.2 Å². The van der Waals surface area contributed by atoms with Crippen molar-refractivity contribution in [1.82, 2.24) is 10.2 Å². The van der Waals surface area contributed by atoms with E-state index in [1.807, 2.05) is 24.3 Å². The van der Waals surface area contributed by atoms with Gasteiger partial charge in [-0.2, -0.15) is 0 Å². The van der Waals surface area contributed by atoms with Crippen molar-refractivity contribution in [3.63, 3.8) is 0 Å². The zero-order chi connectivity index (χ0) is 45.2. The maximum absolute atomic E-state index is 14.6. The molecule has 0 spiro atoms. The van der Waals surface area contributed by atoms with Crippen LogP contribution in [0.25, 0.3) is 22.3 Å². The molecule has 0 aromatic heterocycles. The third-order valence-corrected chi connectivity index (χ3v) is 11.7. The summed E-state index contributed by atoms with van der Waals surface area (Å²) in [5, 5.41) is 25.6. The molecule has 0 saturated heterocycles. The van der Waals surface area contributed by atoms with Crippen LogP contribution in [0.15, 0.2) is 84.9 Å². The molecule has 62 heavy (non-hydrogen) atoms. The zero-order valence-electron chi connectivity index (χ0n) is 35.1. The summed E-state index contributed by atoms with van der Waals surface area (Å²) in [4.78, 5) is 95.7. The summed E-state index contributed by atoms with van der Waals surface area (Å²) in [6.45, 7) is 3.38. The highest BCUT2D eigenvalue weighted by Crippen LogP contribution is 2.40. The van der Waals surface area contributed by atoms with Crippen molar-refractivity contribution in [2.75, 3.05) is 13.6 Å². The highest BCUT2D eigenvalue weighted by molar-refractivity contribution is 6.30. The van der Waals surface area contributed by atoms with Crippen molar-refractivity contribution in [1.29, 1.82) is 0 Å². The lowest BCUT2D eigenvalue weighted by Gasteiger charge is -2.32. The smallest absolute Gasteiger partial charge is 0.226 e. The molecule has 0 saturated carbocycles. The predicted octanol–water partition coefficient (Wildman–Crippen LogP) is 6.28. The molecule has 4 aromatic carbocycles. The van der Waals surface area contributed by atoms with Gasteiger partial charge >= 0.3 is 0 Å². The standard InChI is InChI=1S/C48H53ClN4O9/c1-27(41(56)26-45(51)60)20-43(58)38-23-29-7-17-39(54)36(22-29)37-24-33(14-18-40(37)55)46(44(59)21-28(2)47(61)52-38)53(3)48(62)34(6-4-5-19-50)25-42(57)32-10-8-30(9-11-32)31-12-15-35(49)16-13-31/h7-18,22,24,27-28,34,38,46,54-55H,4-6,19-21,23,25-26,50H2,1-3H3,(H2,51,60)(H,52,61)/t27-,28-,34-,38+,46+/m1/s1. The van der Waals surface area contributed by atoms with Gasteiger partial charge < -0.3 is 31.9 Å². The molecule has 326 valence electrons. The number of ketones is 4. The number of phenolic OH excluding ortho intramolecular Hbond substituents is 2. The fraction of sp³-hybridized carbons (Fsp3) is 0.354. The molecule has 5 atom stereocenters. The number of rotatable bonds is 16. The quantitative estimate of drug-likeness (QED) is 0.0481. The van der Waals surface area contributed by atoms with Gasteiger partial charge in [0, 0.05) is 65.8 Å². The first-order valence-corrected chi connectivity index (χ1v) is 21.0. The topological polar surface area (TPSA) is 227 Å². The second-order valence-electron chi connectivity index (χ2n) is 16.2. The van der Waals surface area contributed by atoms with E-state index in [1.165, 1.54) is 50.1 Å². The van der Waals surface area contributed by atoms with Gasteiger partial charge in [0.25, 0.3) is 0 Å². The average Bonchev–Trinajstić information content (AvgIpc) is 3.23. The molecular weight excluding hydrogens is 812 g/mol. The van der Waals surface area contributed by atoms with E-state index in [2.05, 4.69) is 5.32 Å². The number of hydrogen-bond donors (Lipinski definition) is 5. The van der Waals surface area contributed by atoms with Gasteiger partial charge in [-0.05, 0) is 84.5 Å². The van der Waals surface area contributed by atoms with Gasteiger partial charge in [-0.1, -0.05) is 80.4 Å². The van der Waals surface area contributed by atoms with E-state index in [-0.39, 0.29) is 54.1 Å². The van der Waals surface area contributed by atoms with Gasteiger partial charge in [-0.15, -0.1) is 0 Å². The molecule has 13 nitrogen and oxygen atoms in total. The summed E-state index contributed by atoms with van der Waals surface area (Å²) in [5.41, 5.74) is 14.3. The van der Waals surface area contributed by atoms with E-state index in [4.69, 9.17) is 23.1 Å². The Balaban J connectivity index is 1.48. The average molecular weight is 865 g/mol. The van der Waals surface area contributed by atoms with E-state index in [1.54, 1.807) is 36.4 Å². The van der Waals surface area contributed by atoms with E-state index < -0.39 is 71.3 Å². The lowest BCUT2D eigenvalue weighted by Crippen LogP contribution is -2.46. The number of Topliss-reactive ketones (excluding diaryl/α,β-unsaturated/α-hetero) is 4. The van der Waals surface area contributed by atoms with Crippen molar-refractivity contribution in [3.05, 3.63) is 107 Å². The van der Waals surface area contributed by atoms with Crippen LogP contribution in [0.4, 0.5) is 0 Å². The first kappa shape index (κ1) is 46.9. The number of carbonyl (C=O) groups is 7. The number of fused-ring (bicyclic) bond motifs is 5. The van der Waals surface area contributed by atoms with Gasteiger partial charge in [-0.25, -0.2) is 0 Å². The molecule has 1 aliphatic rings. The van der Waals surface area contributed by atoms with Gasteiger partial charge in [0.1, 0.15) is 23.3 Å². The van der Waals surface area contributed by atoms with Crippen LogP contribution >= 0.6 is 11.6 Å². The Morgan fingerprint density at radius 3 is 2.08 bits per heavy atom. The second-order valence-corrected chi connectivity index (χ2v) is 16.6. The van der Waals surface area contributed by atoms with E-state index in [9.17, 15) is 43.8 Å². The highest BCUT2D eigenvalue weighted by Gasteiger charge is 2.36. The number of nitrogens with one attached hydrogen (secondary N) is 1. The normalized spacial score (nSPS) is 17.5. The highest BCUT2D eigenvalue weighted by atomic mass is 35.5. The van der Waals surface area contributed by atoms with Crippen LogP contribution in [0.5, 0.6) is 11.5 Å². The Morgan fingerprint density at radius 2 is 1.45 bits per heavy atom. The molecule has 0 fully saturated rings. The summed E-state index contributed by atoms with van der Waals surface area (Å²) in [6.07, 6.45) is 0.000605. The van der Waals surface area contributed by atoms with Gasteiger partial charge in [0.05, 0.1) is 12.5 Å². The molecule has 4 bridgehead atoms. The number of benzene rings is 4. The third kappa shape index (κ3) is 11.8. The fourth-order valence-electron chi connectivity index (χ4n) is 7.79. The van der Waals surface area contributed by atoms with Crippen molar-refractivity contribution in [2.45, 2.75) is 77.3 Å². The Hall–Kier alpha value is -6.18. The zero-order valence-corrected chi connectivity index (χ0v) is 35.8. The molecule has 1 heterocycles. The predicted molar refractivity (Wildman–Crippen MR) is 235 cm³/mol. The summed E-state index contributed by atoms with van der Waals surface area (Å²) in [5.74, 6) is -6.99. The first-order valence-electron chi connectivity index (χ1n) is 20.6. The lowest BCUT2D eigenvalue weighted by molar-refractivity contribution is -0.142. The molecule has 3 amide bonds. The molecule has 0 unspecified atom stereocenters. The molecule has 1 aliphatic heterocycles. The maximum Gasteiger partial charge on any atom is 0.226 e. The Morgan fingerprint density at radius 1 is 0.839 bits per heavy atom. The number of aromatic hydroxyl groups is 2. The van der Waals surface area contributed by atoms with Crippen LogP contribution < -0.4 is 16.8 Å². The fourth-order valence-corrected chi connectivity index (χ4v) is 7.92. The van der Waals surface area contributed by atoms with Crippen LogP contribution in [0.1, 0.15) is 86.3 Å². The minimum absolute atomic E-state index is 0.0632. The number of hydrogen-bond acceptors (Lipinski definition) is 10. The minimum atomic E-state index is -1.30. The molecule has 5 rings (SSSR count). The number of halogens is 1. The van der Waals surface area contributed by atoms with Crippen molar-refractivity contribution in [3.8, 4) is 33.8 Å². The van der Waals surface area contributed by atoms with Crippen LogP contribution in [-0.4, -0.2) is 75.6 Å².